The summed E-state index contributed by atoms with van der Waals surface area (Å²) in [5.74, 6) is 3.17. The van der Waals surface area contributed by atoms with E-state index in [1.807, 2.05) is 23.5 Å². The van der Waals surface area contributed by atoms with Gasteiger partial charge in [0.1, 0.15) is 5.75 Å². The summed E-state index contributed by atoms with van der Waals surface area (Å²) in [6, 6.07) is 26.6. The third-order valence-corrected chi connectivity index (χ3v) is 8.09. The highest BCUT2D eigenvalue weighted by atomic mass is 32.2. The van der Waals surface area contributed by atoms with E-state index in [2.05, 4.69) is 86.6 Å². The molecule has 0 atom stereocenters. The highest BCUT2D eigenvalue weighted by molar-refractivity contribution is 7.99. The van der Waals surface area contributed by atoms with Crippen LogP contribution in [0.5, 0.6) is 5.75 Å². The second kappa shape index (κ2) is 15.9. The van der Waals surface area contributed by atoms with Crippen molar-refractivity contribution in [1.29, 1.82) is 0 Å². The molecule has 0 aliphatic heterocycles. The Bertz CT molecular complexity index is 917. The number of hydrogen-bond acceptors (Lipinski definition) is 3. The molecule has 3 aromatic carbocycles. The fourth-order valence-corrected chi connectivity index (χ4v) is 5.51. The molecule has 3 aromatic rings. The molecule has 0 N–H and O–H groups in total. The number of hydrogen-bond donors (Lipinski definition) is 0. The van der Waals surface area contributed by atoms with Crippen LogP contribution in [0.2, 0.25) is 0 Å². The van der Waals surface area contributed by atoms with Gasteiger partial charge in [-0.15, -0.1) is 23.5 Å². The van der Waals surface area contributed by atoms with Crippen molar-refractivity contribution in [2.45, 2.75) is 80.8 Å². The van der Waals surface area contributed by atoms with E-state index in [0.29, 0.717) is 0 Å². The van der Waals surface area contributed by atoms with Crippen molar-refractivity contribution in [1.82, 2.24) is 0 Å². The maximum absolute atomic E-state index is 5.76. The van der Waals surface area contributed by atoms with Crippen molar-refractivity contribution in [3.8, 4) is 16.9 Å². The van der Waals surface area contributed by atoms with Gasteiger partial charge in [0.15, 0.2) is 0 Å². The summed E-state index contributed by atoms with van der Waals surface area (Å²) in [5.41, 5.74) is 3.90. The topological polar surface area (TPSA) is 9.23 Å². The zero-order chi connectivity index (χ0) is 23.8. The van der Waals surface area contributed by atoms with Gasteiger partial charge in [-0.05, 0) is 71.7 Å². The van der Waals surface area contributed by atoms with Gasteiger partial charge < -0.3 is 4.74 Å². The van der Waals surface area contributed by atoms with E-state index >= 15 is 0 Å². The van der Waals surface area contributed by atoms with Crippen molar-refractivity contribution in [3.63, 3.8) is 0 Å². The molecule has 3 rings (SSSR count). The third kappa shape index (κ3) is 9.80. The van der Waals surface area contributed by atoms with Crippen LogP contribution in [0.1, 0.15) is 70.8 Å². The van der Waals surface area contributed by atoms with E-state index in [4.69, 9.17) is 4.74 Å². The highest BCUT2D eigenvalue weighted by Gasteiger charge is 2.02. The van der Waals surface area contributed by atoms with Crippen molar-refractivity contribution in [2.24, 2.45) is 0 Å². The van der Waals surface area contributed by atoms with Crippen LogP contribution >= 0.6 is 23.5 Å². The first-order valence-electron chi connectivity index (χ1n) is 13.0. The Labute approximate surface area is 216 Å². The highest BCUT2D eigenvalue weighted by Crippen LogP contribution is 2.29. The quantitative estimate of drug-likeness (QED) is 0.145. The fraction of sp³-hybridized carbons (Fsp3) is 0.419. The second-order valence-corrected chi connectivity index (χ2v) is 11.0. The van der Waals surface area contributed by atoms with Crippen LogP contribution in [0, 0.1) is 0 Å². The molecule has 1 nitrogen and oxygen atoms in total. The first-order chi connectivity index (χ1) is 16.8. The minimum atomic E-state index is 0.803. The summed E-state index contributed by atoms with van der Waals surface area (Å²) in [5, 5.41) is 0. The lowest BCUT2D eigenvalue weighted by molar-refractivity contribution is 0.309. The van der Waals surface area contributed by atoms with E-state index in [1.54, 1.807) is 0 Å². The normalized spacial score (nSPS) is 11.0. The first-order valence-corrected chi connectivity index (χ1v) is 14.9. The molecule has 0 amide bonds. The van der Waals surface area contributed by atoms with Crippen LogP contribution in [-0.4, -0.2) is 12.4 Å². The molecule has 0 saturated carbocycles. The lowest BCUT2D eigenvalue weighted by atomic mass is 10.1. The second-order valence-electron chi connectivity index (χ2n) is 8.80. The van der Waals surface area contributed by atoms with E-state index in [9.17, 15) is 0 Å². The van der Waals surface area contributed by atoms with E-state index in [0.717, 1.165) is 31.0 Å². The predicted octanol–water partition coefficient (Wildman–Crippen LogP) is 10.3. The molecule has 0 aromatic heterocycles. The molecule has 34 heavy (non-hydrogen) atoms. The van der Waals surface area contributed by atoms with Crippen LogP contribution in [0.15, 0.2) is 82.6 Å². The lowest BCUT2D eigenvalue weighted by Gasteiger charge is -2.08. The Hall–Kier alpha value is -1.84. The molecule has 0 aliphatic carbocycles. The third-order valence-electron chi connectivity index (χ3n) is 5.90. The fourth-order valence-electron chi connectivity index (χ4n) is 3.74. The number of thioether (sulfide) groups is 2. The number of benzene rings is 3. The molecule has 0 radical (unpaired) electrons. The lowest BCUT2D eigenvalue weighted by Crippen LogP contribution is -1.96. The van der Waals surface area contributed by atoms with Gasteiger partial charge in [-0.25, -0.2) is 0 Å². The number of rotatable bonds is 16. The average molecular weight is 493 g/mol. The van der Waals surface area contributed by atoms with Gasteiger partial charge in [0.05, 0.1) is 6.61 Å². The van der Waals surface area contributed by atoms with Gasteiger partial charge in [0.25, 0.3) is 0 Å². The Balaban J connectivity index is 1.40. The van der Waals surface area contributed by atoms with Crippen LogP contribution < -0.4 is 4.74 Å². The molecule has 0 bridgehead atoms. The molecule has 0 saturated heterocycles. The summed E-state index contributed by atoms with van der Waals surface area (Å²) < 4.78 is 5.76. The van der Waals surface area contributed by atoms with E-state index in [-0.39, 0.29) is 0 Å². The smallest absolute Gasteiger partial charge is 0.119 e. The molecule has 3 heteroatoms. The van der Waals surface area contributed by atoms with Crippen LogP contribution in [-0.2, 0) is 5.75 Å². The Morgan fingerprint density at radius 2 is 1.12 bits per heavy atom. The Morgan fingerprint density at radius 3 is 1.74 bits per heavy atom. The standard InChI is InChI=1S/C31H40OS2/c1-3-5-7-8-9-10-24-33-30-19-13-27(14-20-30)28-15-21-31(22-16-28)34-25-26-11-17-29(18-12-26)32-23-6-4-2/h11-22H,3-10,23-25H2,1-2H3. The first kappa shape index (κ1) is 26.8. The Kier molecular flexibility index (Phi) is 12.6. The maximum atomic E-state index is 5.76. The summed E-state index contributed by atoms with van der Waals surface area (Å²) >= 11 is 3.87. The molecular formula is C31H40OS2. The SMILES string of the molecule is CCCCCCCCSc1ccc(-c2ccc(SCc3ccc(OCCCC)cc3)cc2)cc1. The van der Waals surface area contributed by atoms with Gasteiger partial charge >= 0.3 is 0 Å². The number of unbranched alkanes of at least 4 members (excludes halogenated alkanes) is 6. The summed E-state index contributed by atoms with van der Waals surface area (Å²) in [6.07, 6.45) is 10.5. The van der Waals surface area contributed by atoms with Crippen molar-refractivity contribution in [2.75, 3.05) is 12.4 Å². The summed E-state index contributed by atoms with van der Waals surface area (Å²) in [6.45, 7) is 5.26. The van der Waals surface area contributed by atoms with Crippen molar-refractivity contribution < 1.29 is 4.74 Å². The van der Waals surface area contributed by atoms with Crippen LogP contribution in [0.25, 0.3) is 11.1 Å². The van der Waals surface area contributed by atoms with E-state index in [1.165, 1.54) is 70.8 Å². The minimum Gasteiger partial charge on any atom is -0.494 e. The minimum absolute atomic E-state index is 0.803. The van der Waals surface area contributed by atoms with Crippen LogP contribution in [0.4, 0.5) is 0 Å². The molecule has 0 unspecified atom stereocenters. The molecule has 182 valence electrons. The van der Waals surface area contributed by atoms with E-state index < -0.39 is 0 Å². The average Bonchev–Trinajstić information content (AvgIpc) is 2.88. The van der Waals surface area contributed by atoms with Gasteiger partial charge in [0, 0.05) is 15.5 Å². The van der Waals surface area contributed by atoms with Crippen LogP contribution in [0.3, 0.4) is 0 Å². The predicted molar refractivity (Wildman–Crippen MR) is 152 cm³/mol. The summed E-state index contributed by atoms with van der Waals surface area (Å²) in [4.78, 5) is 2.68. The Morgan fingerprint density at radius 1 is 0.559 bits per heavy atom. The molecule has 0 spiro atoms. The molecule has 0 aliphatic rings. The zero-order valence-electron chi connectivity index (χ0n) is 20.9. The molecular weight excluding hydrogens is 452 g/mol. The number of ether oxygens (including phenoxy) is 1. The molecule has 0 fully saturated rings. The van der Waals surface area contributed by atoms with Gasteiger partial charge in [0.2, 0.25) is 0 Å². The summed E-state index contributed by atoms with van der Waals surface area (Å²) in [7, 11) is 0. The van der Waals surface area contributed by atoms with Crippen molar-refractivity contribution in [3.05, 3.63) is 78.4 Å². The van der Waals surface area contributed by atoms with Gasteiger partial charge in [-0.3, -0.25) is 0 Å². The maximum Gasteiger partial charge on any atom is 0.119 e. The van der Waals surface area contributed by atoms with Gasteiger partial charge in [-0.1, -0.05) is 88.8 Å². The zero-order valence-corrected chi connectivity index (χ0v) is 22.6. The van der Waals surface area contributed by atoms with Crippen molar-refractivity contribution >= 4 is 23.5 Å². The molecule has 0 heterocycles. The largest absolute Gasteiger partial charge is 0.494 e. The van der Waals surface area contributed by atoms with Gasteiger partial charge in [-0.2, -0.15) is 0 Å². The monoisotopic (exact) mass is 492 g/mol.